The first-order valence-electron chi connectivity index (χ1n) is 6.86. The molecule has 1 aliphatic carbocycles. The van der Waals surface area contributed by atoms with Gasteiger partial charge in [-0.15, -0.1) is 11.3 Å². The van der Waals surface area contributed by atoms with Gasteiger partial charge in [-0.05, 0) is 42.5 Å². The van der Waals surface area contributed by atoms with Crippen LogP contribution >= 0.6 is 11.3 Å². The molecular formula is C16H15N3OS. The molecule has 4 nitrogen and oxygen atoms in total. The summed E-state index contributed by atoms with van der Waals surface area (Å²) in [7, 11) is 0. The van der Waals surface area contributed by atoms with Crippen molar-refractivity contribution in [3.05, 3.63) is 51.4 Å². The summed E-state index contributed by atoms with van der Waals surface area (Å²) in [6.45, 7) is 0.632. The fourth-order valence-corrected chi connectivity index (χ4v) is 3.85. The van der Waals surface area contributed by atoms with E-state index in [1.165, 1.54) is 10.4 Å². The third-order valence-electron chi connectivity index (χ3n) is 3.72. The number of nitrogens with one attached hydrogen (secondary N) is 1. The SMILES string of the molecule is N#Cc1c(NCc2ccc(C(N)=O)cc2)sc2c1CCC2. The Morgan fingerprint density at radius 1 is 1.33 bits per heavy atom. The van der Waals surface area contributed by atoms with E-state index in [9.17, 15) is 10.1 Å². The summed E-state index contributed by atoms with van der Waals surface area (Å²) < 4.78 is 0. The average molecular weight is 297 g/mol. The number of hydrogen-bond donors (Lipinski definition) is 2. The van der Waals surface area contributed by atoms with Gasteiger partial charge in [0, 0.05) is 17.0 Å². The number of carbonyl (C=O) groups excluding carboxylic acids is 1. The van der Waals surface area contributed by atoms with E-state index in [1.54, 1.807) is 23.5 Å². The van der Waals surface area contributed by atoms with Crippen LogP contribution in [0.2, 0.25) is 0 Å². The Morgan fingerprint density at radius 2 is 2.10 bits per heavy atom. The summed E-state index contributed by atoms with van der Waals surface area (Å²) >= 11 is 1.69. The third-order valence-corrected chi connectivity index (χ3v) is 4.97. The minimum absolute atomic E-state index is 0.420. The number of rotatable bonds is 4. The van der Waals surface area contributed by atoms with Gasteiger partial charge >= 0.3 is 0 Å². The van der Waals surface area contributed by atoms with Crippen molar-refractivity contribution < 1.29 is 4.79 Å². The van der Waals surface area contributed by atoms with Crippen molar-refractivity contribution in [2.45, 2.75) is 25.8 Å². The van der Waals surface area contributed by atoms with Gasteiger partial charge in [0.15, 0.2) is 0 Å². The number of anilines is 1. The normalized spacial score (nSPS) is 12.7. The second-order valence-corrected chi connectivity index (χ2v) is 6.19. The molecule has 1 amide bonds. The van der Waals surface area contributed by atoms with Crippen LogP contribution in [-0.2, 0) is 19.4 Å². The van der Waals surface area contributed by atoms with Crippen LogP contribution in [0, 0.1) is 11.3 Å². The molecule has 0 unspecified atom stereocenters. The summed E-state index contributed by atoms with van der Waals surface area (Å²) in [4.78, 5) is 12.4. The minimum Gasteiger partial charge on any atom is -0.372 e. The molecule has 0 atom stereocenters. The van der Waals surface area contributed by atoms with E-state index >= 15 is 0 Å². The summed E-state index contributed by atoms with van der Waals surface area (Å²) in [5, 5.41) is 13.6. The molecule has 106 valence electrons. The predicted octanol–water partition coefficient (Wildman–Crippen LogP) is 2.82. The monoisotopic (exact) mass is 297 g/mol. The van der Waals surface area contributed by atoms with Crippen molar-refractivity contribution in [3.63, 3.8) is 0 Å². The maximum Gasteiger partial charge on any atom is 0.248 e. The molecule has 2 aromatic rings. The number of nitriles is 1. The van der Waals surface area contributed by atoms with Crippen molar-refractivity contribution in [2.75, 3.05) is 5.32 Å². The second kappa shape index (κ2) is 5.58. The van der Waals surface area contributed by atoms with Crippen LogP contribution < -0.4 is 11.1 Å². The van der Waals surface area contributed by atoms with E-state index in [0.29, 0.717) is 12.1 Å². The summed E-state index contributed by atoms with van der Waals surface area (Å²) in [5.41, 5.74) is 8.82. The minimum atomic E-state index is -0.420. The molecule has 1 aromatic carbocycles. The Labute approximate surface area is 127 Å². The number of thiophene rings is 1. The molecule has 1 heterocycles. The van der Waals surface area contributed by atoms with Crippen molar-refractivity contribution in [3.8, 4) is 6.07 Å². The van der Waals surface area contributed by atoms with Crippen LogP contribution in [0.4, 0.5) is 5.00 Å². The molecule has 0 saturated carbocycles. The molecule has 1 aliphatic rings. The fraction of sp³-hybridized carbons (Fsp3) is 0.250. The highest BCUT2D eigenvalue weighted by molar-refractivity contribution is 7.16. The van der Waals surface area contributed by atoms with Gasteiger partial charge in [0.2, 0.25) is 5.91 Å². The lowest BCUT2D eigenvalue weighted by atomic mass is 10.1. The molecular weight excluding hydrogens is 282 g/mol. The highest BCUT2D eigenvalue weighted by atomic mass is 32.1. The van der Waals surface area contributed by atoms with Crippen LogP contribution in [0.3, 0.4) is 0 Å². The van der Waals surface area contributed by atoms with E-state index in [1.807, 2.05) is 12.1 Å². The maximum absolute atomic E-state index is 11.0. The smallest absolute Gasteiger partial charge is 0.248 e. The van der Waals surface area contributed by atoms with E-state index in [0.717, 1.165) is 35.4 Å². The summed E-state index contributed by atoms with van der Waals surface area (Å²) in [5.74, 6) is -0.420. The zero-order valence-corrected chi connectivity index (χ0v) is 12.3. The van der Waals surface area contributed by atoms with Gasteiger partial charge in [0.25, 0.3) is 0 Å². The summed E-state index contributed by atoms with van der Waals surface area (Å²) in [6, 6.07) is 9.52. The lowest BCUT2D eigenvalue weighted by Gasteiger charge is -2.06. The highest BCUT2D eigenvalue weighted by Crippen LogP contribution is 2.38. The Hall–Kier alpha value is -2.32. The molecule has 3 rings (SSSR count). The van der Waals surface area contributed by atoms with E-state index in [4.69, 9.17) is 5.73 Å². The maximum atomic E-state index is 11.0. The number of hydrogen-bond acceptors (Lipinski definition) is 4. The van der Waals surface area contributed by atoms with Gasteiger partial charge in [0.05, 0.1) is 5.56 Å². The molecule has 3 N–H and O–H groups in total. The zero-order chi connectivity index (χ0) is 14.8. The van der Waals surface area contributed by atoms with Gasteiger partial charge in [-0.1, -0.05) is 12.1 Å². The van der Waals surface area contributed by atoms with Crippen LogP contribution in [0.15, 0.2) is 24.3 Å². The lowest BCUT2D eigenvalue weighted by molar-refractivity contribution is 0.100. The quantitative estimate of drug-likeness (QED) is 0.910. The Morgan fingerprint density at radius 3 is 2.76 bits per heavy atom. The Bertz CT molecular complexity index is 725. The molecule has 0 saturated heterocycles. The molecule has 21 heavy (non-hydrogen) atoms. The van der Waals surface area contributed by atoms with Crippen LogP contribution in [0.5, 0.6) is 0 Å². The largest absolute Gasteiger partial charge is 0.372 e. The number of carbonyl (C=O) groups is 1. The zero-order valence-electron chi connectivity index (χ0n) is 11.5. The number of primary amides is 1. The molecule has 0 aliphatic heterocycles. The topological polar surface area (TPSA) is 78.9 Å². The number of amides is 1. The molecule has 0 fully saturated rings. The van der Waals surface area contributed by atoms with Crippen molar-refractivity contribution in [1.82, 2.24) is 0 Å². The van der Waals surface area contributed by atoms with Gasteiger partial charge in [-0.25, -0.2) is 0 Å². The third kappa shape index (κ3) is 2.63. The molecule has 0 radical (unpaired) electrons. The standard InChI is InChI=1S/C16H15N3OS/c17-8-13-12-2-1-3-14(12)21-16(13)19-9-10-4-6-11(7-5-10)15(18)20/h4-7,19H,1-3,9H2,(H2,18,20). The van der Waals surface area contributed by atoms with Gasteiger partial charge in [0.1, 0.15) is 11.1 Å². The van der Waals surface area contributed by atoms with Crippen molar-refractivity contribution in [2.24, 2.45) is 5.73 Å². The number of benzene rings is 1. The van der Waals surface area contributed by atoms with Gasteiger partial charge in [-0.3, -0.25) is 4.79 Å². The van der Waals surface area contributed by atoms with Crippen molar-refractivity contribution >= 4 is 22.2 Å². The van der Waals surface area contributed by atoms with Crippen LogP contribution in [0.1, 0.15) is 38.3 Å². The van der Waals surface area contributed by atoms with E-state index in [2.05, 4.69) is 11.4 Å². The highest BCUT2D eigenvalue weighted by Gasteiger charge is 2.21. The number of fused-ring (bicyclic) bond motifs is 1. The van der Waals surface area contributed by atoms with E-state index < -0.39 is 5.91 Å². The summed E-state index contributed by atoms with van der Waals surface area (Å²) in [6.07, 6.45) is 3.26. The first-order chi connectivity index (χ1) is 10.2. The lowest BCUT2D eigenvalue weighted by Crippen LogP contribution is -2.10. The Kier molecular flexibility index (Phi) is 3.63. The number of nitrogens with two attached hydrogens (primary N) is 1. The fourth-order valence-electron chi connectivity index (χ4n) is 2.62. The second-order valence-electron chi connectivity index (χ2n) is 5.09. The Balaban J connectivity index is 1.73. The number of nitrogens with zero attached hydrogens (tertiary/aromatic N) is 1. The molecule has 5 heteroatoms. The predicted molar refractivity (Wildman–Crippen MR) is 83.3 cm³/mol. The molecule has 0 bridgehead atoms. The van der Waals surface area contributed by atoms with Gasteiger partial charge in [-0.2, -0.15) is 5.26 Å². The van der Waals surface area contributed by atoms with E-state index in [-0.39, 0.29) is 0 Å². The van der Waals surface area contributed by atoms with Crippen molar-refractivity contribution in [1.29, 1.82) is 5.26 Å². The molecule has 0 spiro atoms. The number of aryl methyl sites for hydroxylation is 1. The first-order valence-corrected chi connectivity index (χ1v) is 7.68. The first kappa shape index (κ1) is 13.7. The van der Waals surface area contributed by atoms with Crippen LogP contribution in [-0.4, -0.2) is 5.91 Å². The van der Waals surface area contributed by atoms with Gasteiger partial charge < -0.3 is 11.1 Å². The van der Waals surface area contributed by atoms with Crippen LogP contribution in [0.25, 0.3) is 0 Å². The average Bonchev–Trinajstić information content (AvgIpc) is 3.05. The molecule has 1 aromatic heterocycles.